The van der Waals surface area contributed by atoms with Crippen LogP contribution in [0.5, 0.6) is 23.5 Å². The second-order valence-corrected chi connectivity index (χ2v) is 35.1. The SMILES string of the molecule is C=CC(=O)NC1CN(c2cn3c(C(C)C)cnc3c(Nc3cn(C)nc3OC)n2)CC1C.C=CC(=O)NC1CN(c2cn3c(C45CC(C4)C5)cnc3c(Nc3cn(C)nc3OC)n2)CC1C.C=CC(=O)NC1CN(c2cn3c(C4CC4)cnc3c(Nc3cn(C)nc3OC)n2)CC1C.C=CC(=O)NC1CN(c2cn3c(CC)cnc3c(Nc3cn(C)nc3OC)n2)CC1C. The average Bonchev–Trinajstić information content (AvgIpc) is 1.67. The number of nitrogens with zero attached hydrogens (tertiary/aromatic N) is 24. The number of aromatic nitrogens is 20. The number of nitrogens with one attached hydrogen (secondary N) is 8. The molecule has 8 N–H and O–H groups in total. The van der Waals surface area contributed by atoms with Crippen molar-refractivity contribution in [1.29, 1.82) is 0 Å². The summed E-state index contributed by atoms with van der Waals surface area (Å²) in [7, 11) is 13.7. The molecule has 0 radical (unpaired) electrons. The van der Waals surface area contributed by atoms with E-state index in [4.69, 9.17) is 43.9 Å². The lowest BCUT2D eigenvalue weighted by Crippen LogP contribution is -2.55. The number of hydrogen-bond donors (Lipinski definition) is 8. The lowest BCUT2D eigenvalue weighted by atomic mass is 9.43. The first-order valence-electron chi connectivity index (χ1n) is 43.7. The predicted octanol–water partition coefficient (Wildman–Crippen LogP) is 8.98. The summed E-state index contributed by atoms with van der Waals surface area (Å²) in [5.41, 5.74) is 10.8. The first-order valence-corrected chi connectivity index (χ1v) is 43.7. The lowest BCUT2D eigenvalue weighted by molar-refractivity contribution is -0.118. The Kier molecular flexibility index (Phi) is 25.0. The fourth-order valence-electron chi connectivity index (χ4n) is 18.1. The van der Waals surface area contributed by atoms with Gasteiger partial charge in [-0.1, -0.05) is 74.8 Å². The van der Waals surface area contributed by atoms with Crippen LogP contribution in [0, 0.1) is 29.6 Å². The Bertz CT molecular complexity index is 6020. The van der Waals surface area contributed by atoms with Gasteiger partial charge in [-0.05, 0) is 98.3 Å². The maximum Gasteiger partial charge on any atom is 0.256 e. The molecule has 40 heteroatoms. The summed E-state index contributed by atoms with van der Waals surface area (Å²) in [5.74, 6) is 10.0. The van der Waals surface area contributed by atoms with E-state index in [0.29, 0.717) is 90.3 Å². The van der Waals surface area contributed by atoms with Gasteiger partial charge in [0.2, 0.25) is 23.6 Å². The fraction of sp³-hybridized carbons (Fsp3) is 0.461. The number of hydrogen-bond acceptors (Lipinski definition) is 28. The largest absolute Gasteiger partial charge is 0.478 e. The predicted molar refractivity (Wildman–Crippen MR) is 493 cm³/mol. The standard InChI is InChI=1S/C24H30N8O2.C22H28N8O2.C22H30N8O2.C21H28N8O2/c1-5-20(33)26-16-12-31(10-14(16)2)19-13-32-18(24-6-15(7-24)8-24)9-25-22(32)21(28-19)27-17-11-30(3)29-23(17)34-4;1-5-19(31)24-15-11-29(9-13(15)2)18-12-30-17(14-6-7-14)8-23-21(30)20(26-18)25-16-10-28(3)27-22(16)32-4;1-7-19(31)24-15-11-29(9-14(15)4)18-12-30-17(13(2)3)8-23-21(30)20(26-18)25-16-10-28(5)27-22(16)32-6;1-6-14-8-22-20-19(24-16-10-27(4)26-21(16)31-5)25-17(12-29(14)20)28-9-13(3)15(11-28)23-18(30)7-2/h5,9,11,13-16H,1,6-8,10,12H2,2-4H3,(H,26,33)(H,27,28);5,8,10,12-15H,1,6-7,9,11H2,2-4H3,(H,24,31)(H,25,26);7-8,10,12-15H,1,9,11H2,2-6H3,(H,24,31)(H,25,26);7-8,10,12-13,15H,2,6,9,11H2,1,3-5H3,(H,23,30)(H,24,25). The molecule has 8 unspecified atom stereocenters. The van der Waals surface area contributed by atoms with E-state index in [1.807, 2.05) is 90.2 Å². The molecular weight excluding hydrogens is 1650 g/mol. The molecule has 12 aromatic heterocycles. The molecule has 4 saturated carbocycles. The zero-order valence-electron chi connectivity index (χ0n) is 75.8. The van der Waals surface area contributed by atoms with E-state index >= 15 is 0 Å². The van der Waals surface area contributed by atoms with Gasteiger partial charge < -0.3 is 81.1 Å². The van der Waals surface area contributed by atoms with E-state index < -0.39 is 0 Å². The van der Waals surface area contributed by atoms with Crippen molar-refractivity contribution in [3.05, 3.63) is 148 Å². The van der Waals surface area contributed by atoms with Crippen LogP contribution in [0.4, 0.5) is 69.3 Å². The number of methoxy groups -OCH3 is 4. The van der Waals surface area contributed by atoms with Crippen molar-refractivity contribution in [2.45, 2.75) is 128 Å². The number of aryl methyl sites for hydroxylation is 5. The van der Waals surface area contributed by atoms with Crippen molar-refractivity contribution in [3.8, 4) is 23.5 Å². The van der Waals surface area contributed by atoms with E-state index in [1.165, 1.54) is 67.8 Å². The summed E-state index contributed by atoms with van der Waals surface area (Å²) in [5, 5.41) is 42.9. The van der Waals surface area contributed by atoms with Crippen molar-refractivity contribution in [1.82, 2.24) is 118 Å². The number of amides is 4. The van der Waals surface area contributed by atoms with Crippen LogP contribution >= 0.6 is 0 Å². The first-order chi connectivity index (χ1) is 62.1. The molecule has 0 spiro atoms. The quantitative estimate of drug-likeness (QED) is 0.0212. The Labute approximate surface area is 747 Å². The normalized spacial score (nSPS) is 21.3. The van der Waals surface area contributed by atoms with Crippen LogP contribution < -0.4 is 81.1 Å². The molecule has 40 nitrogen and oxygen atoms in total. The van der Waals surface area contributed by atoms with Gasteiger partial charge >= 0.3 is 0 Å². The molecule has 4 aliphatic heterocycles. The second-order valence-electron chi connectivity index (χ2n) is 35.1. The highest BCUT2D eigenvalue weighted by atomic mass is 16.5. The van der Waals surface area contributed by atoms with Crippen LogP contribution in [0.25, 0.3) is 22.6 Å². The Morgan fingerprint density at radius 3 is 1.06 bits per heavy atom. The minimum atomic E-state index is -0.158. The fourth-order valence-corrected chi connectivity index (χ4v) is 18.1. The van der Waals surface area contributed by atoms with Crippen LogP contribution in [-0.4, -0.2) is 225 Å². The molecule has 8 fully saturated rings. The molecule has 4 aliphatic carbocycles. The number of rotatable bonds is 28. The third-order valence-electron chi connectivity index (χ3n) is 25.3. The minimum Gasteiger partial charge on any atom is -0.478 e. The van der Waals surface area contributed by atoms with Gasteiger partial charge in [0.25, 0.3) is 23.5 Å². The molecule has 129 heavy (non-hydrogen) atoms. The van der Waals surface area contributed by atoms with Crippen molar-refractivity contribution in [3.63, 3.8) is 0 Å². The minimum absolute atomic E-state index is 0.0279. The smallest absolute Gasteiger partial charge is 0.256 e. The number of ether oxygens (including phenoxy) is 4. The Hall–Kier alpha value is -14.2. The number of carbonyl (C=O) groups excluding carboxylic acids is 4. The lowest BCUT2D eigenvalue weighted by Gasteiger charge is -2.61. The number of anilines is 12. The van der Waals surface area contributed by atoms with E-state index in [1.54, 1.807) is 47.2 Å². The third-order valence-corrected chi connectivity index (χ3v) is 25.3. The van der Waals surface area contributed by atoms with Crippen molar-refractivity contribution in [2.24, 2.45) is 57.8 Å². The van der Waals surface area contributed by atoms with Gasteiger partial charge in [-0.2, -0.15) is 0 Å². The van der Waals surface area contributed by atoms with Gasteiger partial charge in [-0.15, -0.1) is 20.4 Å². The Morgan fingerprint density at radius 2 is 0.736 bits per heavy atom. The van der Waals surface area contributed by atoms with Crippen molar-refractivity contribution >= 4 is 116 Å². The maximum absolute atomic E-state index is 11.9. The third kappa shape index (κ3) is 18.2. The van der Waals surface area contributed by atoms with Gasteiger partial charge in [-0.3, -0.25) is 55.5 Å². The van der Waals surface area contributed by atoms with Crippen molar-refractivity contribution in [2.75, 3.05) is 122 Å². The molecule has 2 bridgehead atoms. The molecule has 20 rings (SSSR count). The van der Waals surface area contributed by atoms with E-state index in [9.17, 15) is 19.2 Å². The van der Waals surface area contributed by atoms with Gasteiger partial charge in [0.1, 0.15) is 46.0 Å². The molecule has 8 aliphatic rings. The maximum atomic E-state index is 11.9. The van der Waals surface area contributed by atoms with Crippen LogP contribution in [0.3, 0.4) is 0 Å². The summed E-state index contributed by atoms with van der Waals surface area (Å²) >= 11 is 0. The average molecular weight is 1760 g/mol. The number of imidazole rings is 4. The van der Waals surface area contributed by atoms with Gasteiger partial charge in [0, 0.05) is 139 Å². The zero-order valence-corrected chi connectivity index (χ0v) is 75.8. The number of fused-ring (bicyclic) bond motifs is 4. The molecule has 8 atom stereocenters. The van der Waals surface area contributed by atoms with Crippen molar-refractivity contribution < 1.29 is 38.1 Å². The highest BCUT2D eigenvalue weighted by Crippen LogP contribution is 2.65. The highest BCUT2D eigenvalue weighted by Gasteiger charge is 2.59. The van der Waals surface area contributed by atoms with Crippen LogP contribution in [-0.2, 0) is 59.2 Å². The summed E-state index contributed by atoms with van der Waals surface area (Å²) < 4.78 is 36.9. The number of carbonyl (C=O) groups is 4. The molecule has 16 heterocycles. The monoisotopic (exact) mass is 1760 g/mol. The summed E-state index contributed by atoms with van der Waals surface area (Å²) in [6.45, 7) is 35.0. The molecule has 0 aromatic carbocycles. The molecule has 680 valence electrons. The highest BCUT2D eigenvalue weighted by molar-refractivity contribution is 5.89. The van der Waals surface area contributed by atoms with Crippen LogP contribution in [0.1, 0.15) is 115 Å². The van der Waals surface area contributed by atoms with Crippen LogP contribution in [0.15, 0.2) is 125 Å². The van der Waals surface area contributed by atoms with E-state index in [2.05, 4.69) is 202 Å². The van der Waals surface area contributed by atoms with Crippen LogP contribution in [0.2, 0.25) is 0 Å². The molecule has 12 aromatic rings. The second kappa shape index (κ2) is 36.6. The van der Waals surface area contributed by atoms with Gasteiger partial charge in [0.05, 0.1) is 102 Å². The van der Waals surface area contributed by atoms with Gasteiger partial charge in [0.15, 0.2) is 45.9 Å². The molecule has 4 saturated heterocycles. The topological polar surface area (TPSA) is 406 Å². The Morgan fingerprint density at radius 1 is 0.426 bits per heavy atom. The molecular formula is C89H116N32O8. The van der Waals surface area contributed by atoms with E-state index in [-0.39, 0.29) is 82.8 Å². The van der Waals surface area contributed by atoms with Gasteiger partial charge in [-0.25, -0.2) is 39.9 Å². The summed E-state index contributed by atoms with van der Waals surface area (Å²) in [4.78, 5) is 94.6. The zero-order chi connectivity index (χ0) is 91.1. The molecule has 4 amide bonds. The van der Waals surface area contributed by atoms with E-state index in [0.717, 1.165) is 107 Å². The Balaban J connectivity index is 0.000000126. The summed E-state index contributed by atoms with van der Waals surface area (Å²) in [6, 6.07) is 0.141. The first kappa shape index (κ1) is 88.2. The summed E-state index contributed by atoms with van der Waals surface area (Å²) in [6.07, 6.45) is 35.5.